The van der Waals surface area contributed by atoms with Crippen molar-refractivity contribution in [2.75, 3.05) is 28.4 Å². The third-order valence-electron chi connectivity index (χ3n) is 22.8. The lowest BCUT2D eigenvalue weighted by atomic mass is 9.83. The second-order valence-corrected chi connectivity index (χ2v) is 27.7. The zero-order valence-corrected chi connectivity index (χ0v) is 54.6. The van der Waals surface area contributed by atoms with E-state index in [4.69, 9.17) is 23.8 Å². The fourth-order valence-corrected chi connectivity index (χ4v) is 18.1. The third kappa shape index (κ3) is 9.28. The van der Waals surface area contributed by atoms with E-state index in [0.29, 0.717) is 80.7 Å². The maximum Gasteiger partial charge on any atom is 0.238 e. The van der Waals surface area contributed by atoms with Gasteiger partial charge in [-0.05, 0) is 219 Å². The van der Waals surface area contributed by atoms with Crippen molar-refractivity contribution in [2.45, 2.75) is 152 Å². The van der Waals surface area contributed by atoms with Crippen molar-refractivity contribution < 1.29 is 18.9 Å². The van der Waals surface area contributed by atoms with Gasteiger partial charge in [0.1, 0.15) is 34.6 Å². The molecule has 0 N–H and O–H groups in total. The second-order valence-electron chi connectivity index (χ2n) is 27.7. The predicted octanol–water partition coefficient (Wildman–Crippen LogP) is 22.7. The molecule has 0 atom stereocenters. The van der Waals surface area contributed by atoms with Gasteiger partial charge in [-0.2, -0.15) is 5.26 Å². The molecule has 0 unspecified atom stereocenters. The van der Waals surface area contributed by atoms with Crippen LogP contribution in [0.4, 0.5) is 5.69 Å². The number of fused-ring (bicyclic) bond motifs is 12. The van der Waals surface area contributed by atoms with Crippen LogP contribution in [-0.4, -0.2) is 46.7 Å². The summed E-state index contributed by atoms with van der Waals surface area (Å²) in [5.41, 5.74) is 16.3. The highest BCUT2D eigenvalue weighted by Crippen LogP contribution is 2.54. The molecule has 10 heteroatoms. The van der Waals surface area contributed by atoms with E-state index in [2.05, 4.69) is 146 Å². The van der Waals surface area contributed by atoms with Gasteiger partial charge in [0.2, 0.25) is 5.69 Å². The van der Waals surface area contributed by atoms with Crippen LogP contribution >= 0.6 is 0 Å². The molecule has 13 aromatic rings. The van der Waals surface area contributed by atoms with E-state index in [9.17, 15) is 11.8 Å². The Labute approximate surface area is 549 Å². The normalized spacial score (nSPS) is 16.5. The number of hydrogen-bond donors (Lipinski definition) is 0. The molecule has 0 saturated heterocycles. The molecular weight excluding hydrogens is 1160 g/mol. The number of nitrogens with zero attached hydrogens (tertiary/aromatic N) is 6. The van der Waals surface area contributed by atoms with Gasteiger partial charge in [-0.25, -0.2) is 4.85 Å². The number of rotatable bonds is 12. The molecule has 4 aliphatic carbocycles. The summed E-state index contributed by atoms with van der Waals surface area (Å²) < 4.78 is 33.6. The summed E-state index contributed by atoms with van der Waals surface area (Å²) >= 11 is 0. The molecule has 4 heterocycles. The first-order valence-electron chi connectivity index (χ1n) is 34.9. The summed E-state index contributed by atoms with van der Waals surface area (Å²) in [6, 6.07) is 57.0. The number of aromatic nitrogens is 4. The van der Waals surface area contributed by atoms with E-state index < -0.39 is 0 Å². The van der Waals surface area contributed by atoms with Gasteiger partial charge in [-0.1, -0.05) is 101 Å². The minimum absolute atomic E-state index is 0.408. The summed E-state index contributed by atoms with van der Waals surface area (Å²) in [4.78, 5) is 5.08. The largest absolute Gasteiger partial charge is 0.497 e. The number of ether oxygens (including phenoxy) is 4. The molecule has 0 bridgehead atoms. The Balaban J connectivity index is 1.11. The predicted molar refractivity (Wildman–Crippen MR) is 384 cm³/mol. The van der Waals surface area contributed by atoms with Crippen LogP contribution in [0.5, 0.6) is 23.0 Å². The first-order valence-corrected chi connectivity index (χ1v) is 34.9. The maximum atomic E-state index is 13.3. The van der Waals surface area contributed by atoms with Crippen LogP contribution in [0.3, 0.4) is 0 Å². The van der Waals surface area contributed by atoms with Gasteiger partial charge < -0.3 is 37.2 Å². The lowest BCUT2D eigenvalue weighted by molar-refractivity contribution is 0.415. The molecule has 0 aliphatic heterocycles. The molecule has 4 saturated carbocycles. The van der Waals surface area contributed by atoms with Gasteiger partial charge in [0, 0.05) is 43.1 Å². The SMILES string of the molecule is [C-]#[N+]c1c(-n2c3ccc(OC)cc3c3cc(OC)ccc32)c(-n2c3ccc(C4CCCCC4)cc3c3cc(C4CCCCC4)ccc32)c(C#N)c(-n2c3ccc(OC)cc3c3cc(OC)ccc32)c1-n1c2ccc(C3CCCCC3)cc2c2cc(C3CCCCC3)ccc21. The fourth-order valence-electron chi connectivity index (χ4n) is 18.1. The lowest BCUT2D eigenvalue weighted by Crippen LogP contribution is -2.14. The maximum absolute atomic E-state index is 13.3. The van der Waals surface area contributed by atoms with E-state index in [1.54, 1.807) is 28.4 Å². The molecule has 10 nitrogen and oxygen atoms in total. The van der Waals surface area contributed by atoms with E-state index in [1.807, 2.05) is 24.3 Å². The summed E-state index contributed by atoms with van der Waals surface area (Å²) in [6.07, 6.45) is 24.3. The molecule has 4 aromatic heterocycles. The van der Waals surface area contributed by atoms with Gasteiger partial charge in [0.25, 0.3) is 0 Å². The van der Waals surface area contributed by atoms with E-state index >= 15 is 0 Å². The average Bonchev–Trinajstić information content (AvgIpc) is 1.48. The number of nitriles is 1. The number of hydrogen-bond acceptors (Lipinski definition) is 5. The number of methoxy groups -OCH3 is 4. The Bertz CT molecular complexity index is 4680. The fraction of sp³-hybridized carbons (Fsp3) is 0.333. The molecule has 4 aliphatic rings. The zero-order valence-electron chi connectivity index (χ0n) is 54.6. The Morgan fingerprint density at radius 1 is 0.319 bits per heavy atom. The topological polar surface area (TPSA) is 84.8 Å². The molecule has 4 fully saturated rings. The van der Waals surface area contributed by atoms with E-state index in [1.165, 1.54) is 172 Å². The Morgan fingerprint density at radius 3 is 0.766 bits per heavy atom. The van der Waals surface area contributed by atoms with Crippen LogP contribution in [0.2, 0.25) is 0 Å². The Hall–Kier alpha value is -9.64. The molecule has 0 amide bonds. The highest BCUT2D eigenvalue weighted by Gasteiger charge is 2.36. The van der Waals surface area contributed by atoms with Gasteiger partial charge in [-0.3, -0.25) is 0 Å². The van der Waals surface area contributed by atoms with Crippen LogP contribution in [0.15, 0.2) is 146 Å². The number of benzene rings is 9. The Kier molecular flexibility index (Phi) is 14.7. The van der Waals surface area contributed by atoms with Gasteiger partial charge in [0.15, 0.2) is 0 Å². The standard InChI is InChI=1S/C84H80N6O4/c1-86-80-83(89-74-36-28-57(53-22-14-8-15-23-53)44-65(74)66-45-58(29-37-75(66)89)54-24-16-9-17-25-54)82(88-76-38-30-59(91-2)46-67(76)68-47-60(92-3)31-39-77(68)88)71(50-85)81(84(80)90-78-40-32-61(93-4)48-69(78)70-49-62(94-5)33-41-79(70)90)87-72-34-26-55(51-18-10-6-11-19-51)42-63(72)64-43-56(27-35-73(64)87)52-20-12-7-13-21-52/h26-49,51-54H,6-25H2,2-5H3. The van der Waals surface area contributed by atoms with Crippen LogP contribution in [0.1, 0.15) is 180 Å². The monoisotopic (exact) mass is 1240 g/mol. The minimum Gasteiger partial charge on any atom is -0.497 e. The summed E-state index contributed by atoms with van der Waals surface area (Å²) in [7, 11) is 6.85. The van der Waals surface area contributed by atoms with E-state index in [0.717, 1.165) is 65.7 Å². The molecule has 470 valence electrons. The minimum atomic E-state index is 0.408. The smallest absolute Gasteiger partial charge is 0.238 e. The zero-order chi connectivity index (χ0) is 63.3. The lowest BCUT2D eigenvalue weighted by Gasteiger charge is -2.27. The first-order chi connectivity index (χ1) is 46.4. The van der Waals surface area contributed by atoms with Crippen molar-refractivity contribution in [3.05, 3.63) is 185 Å². The van der Waals surface area contributed by atoms with Gasteiger partial charge in [-0.15, -0.1) is 0 Å². The van der Waals surface area contributed by atoms with Crippen molar-refractivity contribution in [3.8, 4) is 51.8 Å². The van der Waals surface area contributed by atoms with Gasteiger partial charge in [0.05, 0.1) is 102 Å². The summed E-state index contributed by atoms with van der Waals surface area (Å²) in [5, 5.41) is 21.7. The summed E-state index contributed by atoms with van der Waals surface area (Å²) in [6.45, 7) is 10.4. The van der Waals surface area contributed by atoms with Crippen molar-refractivity contribution >= 4 is 92.9 Å². The third-order valence-corrected chi connectivity index (χ3v) is 22.8. The van der Waals surface area contributed by atoms with Crippen molar-refractivity contribution in [3.63, 3.8) is 0 Å². The quantitative estimate of drug-likeness (QED) is 0.114. The van der Waals surface area contributed by atoms with E-state index in [-0.39, 0.29) is 0 Å². The molecule has 9 aromatic carbocycles. The highest BCUT2D eigenvalue weighted by molar-refractivity contribution is 6.17. The molecular formula is C84H80N6O4. The van der Waals surface area contributed by atoms with Crippen LogP contribution in [0, 0.1) is 17.9 Å². The van der Waals surface area contributed by atoms with Crippen LogP contribution < -0.4 is 18.9 Å². The molecule has 94 heavy (non-hydrogen) atoms. The van der Waals surface area contributed by atoms with Gasteiger partial charge >= 0.3 is 0 Å². The first kappa shape index (κ1) is 58.2. The van der Waals surface area contributed by atoms with Crippen LogP contribution in [-0.2, 0) is 0 Å². The second kappa shape index (κ2) is 23.7. The van der Waals surface area contributed by atoms with Crippen molar-refractivity contribution in [1.29, 1.82) is 5.26 Å². The van der Waals surface area contributed by atoms with Crippen molar-refractivity contribution in [2.24, 2.45) is 0 Å². The van der Waals surface area contributed by atoms with Crippen LogP contribution in [0.25, 0.3) is 115 Å². The molecule has 0 radical (unpaired) electrons. The highest BCUT2D eigenvalue weighted by atomic mass is 16.5. The average molecular weight is 1240 g/mol. The Morgan fingerprint density at radius 2 is 0.543 bits per heavy atom. The summed E-state index contributed by atoms with van der Waals surface area (Å²) in [5.74, 6) is 4.70. The molecule has 17 rings (SSSR count). The van der Waals surface area contributed by atoms with Crippen molar-refractivity contribution in [1.82, 2.24) is 18.3 Å². The molecule has 0 spiro atoms.